The summed E-state index contributed by atoms with van der Waals surface area (Å²) in [6.45, 7) is 8.81. The highest BCUT2D eigenvalue weighted by Crippen LogP contribution is 2.43. The first-order valence-corrected chi connectivity index (χ1v) is 15.4. The minimum Gasteiger partial charge on any atom is -0.478 e. The monoisotopic (exact) mass is 594 g/mol. The highest BCUT2D eigenvalue weighted by atomic mass is 19.1. The molecule has 4 aromatic rings. The minimum absolute atomic E-state index is 0.250. The first kappa shape index (κ1) is 29.8. The number of benzene rings is 3. The molecule has 7 nitrogen and oxygen atoms in total. The summed E-state index contributed by atoms with van der Waals surface area (Å²) in [6.07, 6.45) is 6.02. The Hall–Kier alpha value is -4.30. The van der Waals surface area contributed by atoms with E-state index in [9.17, 15) is 19.1 Å². The fraction of sp³-hybridized carbons (Fsp3) is 0.361. The molecular formula is C36H39FN4O3. The van der Waals surface area contributed by atoms with Crippen LogP contribution in [0.1, 0.15) is 95.7 Å². The van der Waals surface area contributed by atoms with Crippen molar-refractivity contribution in [2.45, 2.75) is 70.4 Å². The van der Waals surface area contributed by atoms with E-state index in [1.807, 2.05) is 43.7 Å². The molecule has 44 heavy (non-hydrogen) atoms. The van der Waals surface area contributed by atoms with Crippen LogP contribution in [0.5, 0.6) is 0 Å². The van der Waals surface area contributed by atoms with Gasteiger partial charge in [0.25, 0.3) is 5.91 Å². The van der Waals surface area contributed by atoms with Gasteiger partial charge in [0.1, 0.15) is 5.82 Å². The van der Waals surface area contributed by atoms with Crippen molar-refractivity contribution in [3.63, 3.8) is 0 Å². The van der Waals surface area contributed by atoms with E-state index in [0.29, 0.717) is 28.7 Å². The highest BCUT2D eigenvalue weighted by molar-refractivity contribution is 6.08. The van der Waals surface area contributed by atoms with Crippen LogP contribution < -0.4 is 5.32 Å². The Morgan fingerprint density at radius 1 is 0.932 bits per heavy atom. The molecule has 1 saturated carbocycles. The number of anilines is 1. The van der Waals surface area contributed by atoms with E-state index in [1.165, 1.54) is 41.7 Å². The summed E-state index contributed by atoms with van der Waals surface area (Å²) in [6, 6.07) is 19.7. The number of nitrogens with zero attached hydrogens (tertiary/aromatic N) is 3. The van der Waals surface area contributed by atoms with Gasteiger partial charge in [-0.15, -0.1) is 0 Å². The maximum Gasteiger partial charge on any atom is 0.335 e. The maximum atomic E-state index is 13.7. The van der Waals surface area contributed by atoms with Crippen molar-refractivity contribution >= 4 is 17.6 Å². The van der Waals surface area contributed by atoms with Crippen LogP contribution in [0.3, 0.4) is 0 Å². The van der Waals surface area contributed by atoms with Gasteiger partial charge in [0.05, 0.1) is 28.6 Å². The predicted octanol–water partition coefficient (Wildman–Crippen LogP) is 7.65. The number of aromatic carboxylic acids is 1. The van der Waals surface area contributed by atoms with Crippen LogP contribution in [0.2, 0.25) is 0 Å². The molecule has 1 aromatic heterocycles. The highest BCUT2D eigenvalue weighted by Gasteiger charge is 2.29. The molecule has 2 N–H and O–H groups in total. The van der Waals surface area contributed by atoms with Gasteiger partial charge in [-0.05, 0) is 137 Å². The van der Waals surface area contributed by atoms with Crippen LogP contribution >= 0.6 is 0 Å². The average Bonchev–Trinajstić information content (AvgIpc) is 3.74. The lowest BCUT2D eigenvalue weighted by molar-refractivity contribution is 0.0696. The Bertz CT molecular complexity index is 1660. The van der Waals surface area contributed by atoms with Crippen molar-refractivity contribution in [1.29, 1.82) is 0 Å². The summed E-state index contributed by atoms with van der Waals surface area (Å²) < 4.78 is 15.5. The Labute approximate surface area is 257 Å². The lowest BCUT2D eigenvalue weighted by atomic mass is 9.88. The smallest absolute Gasteiger partial charge is 0.335 e. The molecule has 1 saturated heterocycles. The number of likely N-dealkylation sites (tertiary alicyclic amines) is 1. The second kappa shape index (κ2) is 12.0. The first-order valence-electron chi connectivity index (χ1n) is 15.4. The summed E-state index contributed by atoms with van der Waals surface area (Å²) in [5.41, 5.74) is 6.33. The maximum absolute atomic E-state index is 13.7. The fourth-order valence-electron chi connectivity index (χ4n) is 6.28. The molecule has 0 bridgehead atoms. The second-order valence-corrected chi connectivity index (χ2v) is 13.1. The van der Waals surface area contributed by atoms with Gasteiger partial charge in [-0.1, -0.05) is 18.2 Å². The van der Waals surface area contributed by atoms with Crippen LogP contribution in [-0.4, -0.2) is 44.8 Å². The number of piperidine rings is 1. The molecule has 2 aliphatic rings. The van der Waals surface area contributed by atoms with Crippen molar-refractivity contribution in [1.82, 2.24) is 14.7 Å². The third-order valence-electron chi connectivity index (χ3n) is 8.80. The SMILES string of the molecule is CC(C)(C)n1ncc(C(=O)Nc2ccc(C3CC3)c(CN3CCC(c4ccc(C(=O)O)cc4)CC3)c2)c1-c1ccc(F)cc1. The van der Waals surface area contributed by atoms with Gasteiger partial charge in [0.2, 0.25) is 0 Å². The molecule has 0 atom stereocenters. The first-order chi connectivity index (χ1) is 21.1. The van der Waals surface area contributed by atoms with E-state index in [0.717, 1.165) is 43.7 Å². The van der Waals surface area contributed by atoms with Crippen molar-refractivity contribution in [3.8, 4) is 11.3 Å². The largest absolute Gasteiger partial charge is 0.478 e. The van der Waals surface area contributed by atoms with Crippen LogP contribution in [0.15, 0.2) is 72.9 Å². The zero-order chi connectivity index (χ0) is 31.0. The Balaban J connectivity index is 1.18. The summed E-state index contributed by atoms with van der Waals surface area (Å²) in [5, 5.41) is 16.9. The van der Waals surface area contributed by atoms with Gasteiger partial charge in [-0.2, -0.15) is 5.10 Å². The number of nitrogens with one attached hydrogen (secondary N) is 1. The normalized spacial score (nSPS) is 16.2. The number of hydrogen-bond donors (Lipinski definition) is 2. The second-order valence-electron chi connectivity index (χ2n) is 13.1. The molecule has 6 rings (SSSR count). The van der Waals surface area contributed by atoms with Gasteiger partial charge in [0.15, 0.2) is 0 Å². The Morgan fingerprint density at radius 2 is 1.61 bits per heavy atom. The van der Waals surface area contributed by atoms with E-state index in [1.54, 1.807) is 30.5 Å². The van der Waals surface area contributed by atoms with E-state index >= 15 is 0 Å². The Kier molecular flexibility index (Phi) is 8.12. The van der Waals surface area contributed by atoms with Crippen molar-refractivity contribution in [3.05, 3.63) is 107 Å². The standard InChI is InChI=1S/C36H39FN4O3/c1-36(2,3)41-33(26-10-12-29(37)13-11-26)32(21-38-41)34(42)39-30-14-15-31(25-6-7-25)28(20-30)22-40-18-16-24(17-19-40)23-4-8-27(9-5-23)35(43)44/h4-5,8-15,20-21,24-25H,6-7,16-19,22H2,1-3H3,(H,39,42)(H,43,44). The lowest BCUT2D eigenvalue weighted by Gasteiger charge is -2.33. The molecule has 1 aliphatic carbocycles. The Morgan fingerprint density at radius 3 is 2.23 bits per heavy atom. The average molecular weight is 595 g/mol. The molecule has 0 radical (unpaired) electrons. The number of carbonyl (C=O) groups excluding carboxylic acids is 1. The van der Waals surface area contributed by atoms with Gasteiger partial charge in [0, 0.05) is 17.8 Å². The van der Waals surface area contributed by atoms with Gasteiger partial charge >= 0.3 is 5.97 Å². The summed E-state index contributed by atoms with van der Waals surface area (Å²) in [7, 11) is 0. The van der Waals surface area contributed by atoms with Crippen molar-refractivity contribution in [2.24, 2.45) is 0 Å². The van der Waals surface area contributed by atoms with Crippen LogP contribution in [0, 0.1) is 5.82 Å². The molecule has 2 fully saturated rings. The van der Waals surface area contributed by atoms with E-state index in [2.05, 4.69) is 27.4 Å². The predicted molar refractivity (Wildman–Crippen MR) is 170 cm³/mol. The number of carboxylic acids is 1. The van der Waals surface area contributed by atoms with Crippen molar-refractivity contribution < 1.29 is 19.1 Å². The summed E-state index contributed by atoms with van der Waals surface area (Å²) in [5.74, 6) is -0.477. The molecule has 3 aromatic carbocycles. The van der Waals surface area contributed by atoms with Gasteiger partial charge in [-0.3, -0.25) is 14.4 Å². The van der Waals surface area contributed by atoms with Crippen LogP contribution in [-0.2, 0) is 12.1 Å². The van der Waals surface area contributed by atoms with E-state index in [-0.39, 0.29) is 17.3 Å². The van der Waals surface area contributed by atoms with E-state index < -0.39 is 5.97 Å². The molecule has 0 unspecified atom stereocenters. The molecular weight excluding hydrogens is 555 g/mol. The summed E-state index contributed by atoms with van der Waals surface area (Å²) >= 11 is 0. The molecule has 1 aliphatic heterocycles. The lowest BCUT2D eigenvalue weighted by Crippen LogP contribution is -2.32. The third-order valence-corrected chi connectivity index (χ3v) is 8.80. The molecule has 1 amide bonds. The number of hydrogen-bond acceptors (Lipinski definition) is 4. The zero-order valence-corrected chi connectivity index (χ0v) is 25.5. The number of halogens is 1. The number of rotatable bonds is 8. The number of carboxylic acid groups (broad SMARTS) is 1. The van der Waals surface area contributed by atoms with Gasteiger partial charge in [-0.25, -0.2) is 9.18 Å². The topological polar surface area (TPSA) is 87.5 Å². The fourth-order valence-corrected chi connectivity index (χ4v) is 6.28. The minimum atomic E-state index is -0.899. The van der Waals surface area contributed by atoms with Crippen LogP contribution in [0.4, 0.5) is 10.1 Å². The molecule has 2 heterocycles. The zero-order valence-electron chi connectivity index (χ0n) is 25.5. The summed E-state index contributed by atoms with van der Waals surface area (Å²) in [4.78, 5) is 27.4. The molecule has 8 heteroatoms. The molecule has 228 valence electrons. The molecule has 0 spiro atoms. The number of amides is 1. The number of carbonyl (C=O) groups is 2. The van der Waals surface area contributed by atoms with Crippen LogP contribution in [0.25, 0.3) is 11.3 Å². The number of aromatic nitrogens is 2. The van der Waals surface area contributed by atoms with E-state index in [4.69, 9.17) is 0 Å². The van der Waals surface area contributed by atoms with Gasteiger partial charge < -0.3 is 10.4 Å². The quantitative estimate of drug-likeness (QED) is 0.219. The third kappa shape index (κ3) is 6.45. The van der Waals surface area contributed by atoms with Crippen molar-refractivity contribution in [2.75, 3.05) is 18.4 Å².